The number of fused-ring (bicyclic) bond motifs is 1. The number of imidazole rings is 1. The van der Waals surface area contributed by atoms with Gasteiger partial charge in [-0.25, -0.2) is 15.0 Å². The summed E-state index contributed by atoms with van der Waals surface area (Å²) >= 11 is 0. The van der Waals surface area contributed by atoms with E-state index in [1.165, 1.54) is 0 Å². The van der Waals surface area contributed by atoms with Crippen LogP contribution in [0.2, 0.25) is 0 Å². The van der Waals surface area contributed by atoms with Gasteiger partial charge in [-0.05, 0) is 45.8 Å². The Balaban J connectivity index is 0.000000275. The van der Waals surface area contributed by atoms with Crippen LogP contribution in [0.15, 0.2) is 31.0 Å². The second-order valence-corrected chi connectivity index (χ2v) is 9.27. The van der Waals surface area contributed by atoms with Crippen LogP contribution in [0, 0.1) is 23.2 Å². The van der Waals surface area contributed by atoms with Crippen LogP contribution in [0.4, 0.5) is 0 Å². The van der Waals surface area contributed by atoms with Crippen LogP contribution in [0.1, 0.15) is 46.1 Å². The molecule has 0 aromatic carbocycles. The number of allylic oxidation sites excluding steroid dienone is 1. The summed E-state index contributed by atoms with van der Waals surface area (Å²) in [6.45, 7) is 10.8. The fourth-order valence-corrected chi connectivity index (χ4v) is 3.41. The molecule has 2 N–H and O–H groups in total. The van der Waals surface area contributed by atoms with Gasteiger partial charge in [-0.15, -0.1) is 0 Å². The van der Waals surface area contributed by atoms with Gasteiger partial charge in [0.2, 0.25) is 0 Å². The molecule has 0 bridgehead atoms. The number of likely N-dealkylation sites (tertiary alicyclic amines) is 1. The number of hydrogen-bond acceptors (Lipinski definition) is 7. The van der Waals surface area contributed by atoms with E-state index in [4.69, 9.17) is 5.26 Å². The molecule has 1 aliphatic heterocycles. The van der Waals surface area contributed by atoms with E-state index in [1.54, 1.807) is 12.5 Å². The highest BCUT2D eigenvalue weighted by Gasteiger charge is 2.15. The van der Waals surface area contributed by atoms with E-state index in [9.17, 15) is 4.79 Å². The number of aromatic amines is 1. The van der Waals surface area contributed by atoms with Crippen molar-refractivity contribution < 1.29 is 4.79 Å². The first-order valence-electron chi connectivity index (χ1n) is 12.0. The SMILES string of the molecule is C/C=C(/NCC=O)c1c[nH]c2ncc(-c3cn(C)cn3)nc12.CC(C)C.CN1CCC(C#N)CC1. The second-order valence-electron chi connectivity index (χ2n) is 9.27. The van der Waals surface area contributed by atoms with E-state index in [0.717, 1.165) is 60.6 Å². The number of piperidine rings is 1. The lowest BCUT2D eigenvalue weighted by atomic mass is 9.99. The average molecular weight is 479 g/mol. The van der Waals surface area contributed by atoms with Crippen LogP contribution in [0.3, 0.4) is 0 Å². The van der Waals surface area contributed by atoms with Gasteiger partial charge in [-0.3, -0.25) is 0 Å². The van der Waals surface area contributed by atoms with Gasteiger partial charge in [0.05, 0.1) is 25.1 Å². The van der Waals surface area contributed by atoms with Gasteiger partial charge in [0.25, 0.3) is 0 Å². The molecular formula is C26H38N8O. The normalized spacial score (nSPS) is 14.5. The monoisotopic (exact) mass is 478 g/mol. The van der Waals surface area contributed by atoms with Crippen LogP contribution < -0.4 is 5.32 Å². The van der Waals surface area contributed by atoms with Crippen molar-refractivity contribution in [1.29, 1.82) is 5.26 Å². The Bertz CT molecular complexity index is 1130. The van der Waals surface area contributed by atoms with E-state index in [0.29, 0.717) is 17.3 Å². The van der Waals surface area contributed by atoms with Gasteiger partial charge in [0.1, 0.15) is 23.2 Å². The third kappa shape index (κ3) is 8.65. The highest BCUT2D eigenvalue weighted by molar-refractivity contribution is 5.88. The number of nitrogens with one attached hydrogen (secondary N) is 2. The number of carbonyl (C=O) groups is 1. The highest BCUT2D eigenvalue weighted by Crippen LogP contribution is 2.23. The second kappa shape index (κ2) is 14.0. The molecule has 0 atom stereocenters. The number of nitrogens with zero attached hydrogens (tertiary/aromatic N) is 6. The van der Waals surface area contributed by atoms with Crippen molar-refractivity contribution in [2.75, 3.05) is 26.7 Å². The van der Waals surface area contributed by atoms with Crippen LogP contribution in [0.25, 0.3) is 28.2 Å². The fraction of sp³-hybridized carbons (Fsp3) is 0.500. The molecule has 0 spiro atoms. The first-order valence-corrected chi connectivity index (χ1v) is 12.0. The number of H-pyrrole nitrogens is 1. The molecule has 0 saturated carbocycles. The zero-order chi connectivity index (χ0) is 25.8. The highest BCUT2D eigenvalue weighted by atomic mass is 16.1. The quantitative estimate of drug-likeness (QED) is 0.532. The average Bonchev–Trinajstić information content (AvgIpc) is 3.46. The van der Waals surface area contributed by atoms with Gasteiger partial charge >= 0.3 is 0 Å². The molecule has 3 aromatic heterocycles. The van der Waals surface area contributed by atoms with Gasteiger partial charge in [0, 0.05) is 36.6 Å². The van der Waals surface area contributed by atoms with Crippen LogP contribution in [-0.2, 0) is 11.8 Å². The van der Waals surface area contributed by atoms with Crippen LogP contribution >= 0.6 is 0 Å². The van der Waals surface area contributed by atoms with Crippen molar-refractivity contribution in [1.82, 2.24) is 34.7 Å². The maximum absolute atomic E-state index is 10.6. The van der Waals surface area contributed by atoms with Crippen LogP contribution in [0.5, 0.6) is 0 Å². The molecule has 4 rings (SSSR count). The molecule has 3 aromatic rings. The van der Waals surface area contributed by atoms with Crippen molar-refractivity contribution in [2.45, 2.75) is 40.5 Å². The van der Waals surface area contributed by atoms with E-state index in [1.807, 2.05) is 37.0 Å². The molecule has 1 saturated heterocycles. The summed E-state index contributed by atoms with van der Waals surface area (Å²) in [5.41, 5.74) is 4.64. The minimum atomic E-state index is 0.250. The third-order valence-corrected chi connectivity index (χ3v) is 5.20. The number of aldehydes is 1. The lowest BCUT2D eigenvalue weighted by molar-refractivity contribution is -0.107. The minimum absolute atomic E-state index is 0.250. The molecule has 4 heterocycles. The van der Waals surface area contributed by atoms with Crippen molar-refractivity contribution >= 4 is 23.1 Å². The molecule has 0 aliphatic carbocycles. The molecule has 9 heteroatoms. The zero-order valence-corrected chi connectivity index (χ0v) is 21.7. The smallest absolute Gasteiger partial charge is 0.156 e. The summed E-state index contributed by atoms with van der Waals surface area (Å²) in [6.07, 6.45) is 12.0. The minimum Gasteiger partial charge on any atom is -0.378 e. The molecule has 0 radical (unpaired) electrons. The third-order valence-electron chi connectivity index (χ3n) is 5.20. The van der Waals surface area contributed by atoms with Crippen molar-refractivity contribution in [2.24, 2.45) is 18.9 Å². The first-order chi connectivity index (χ1) is 16.8. The summed E-state index contributed by atoms with van der Waals surface area (Å²) in [6, 6.07) is 2.30. The van der Waals surface area contributed by atoms with E-state index < -0.39 is 0 Å². The van der Waals surface area contributed by atoms with Gasteiger partial charge in [0.15, 0.2) is 5.65 Å². The topological polar surface area (TPSA) is 116 Å². The summed E-state index contributed by atoms with van der Waals surface area (Å²) in [4.78, 5) is 29.3. The number of rotatable bonds is 5. The maximum atomic E-state index is 10.6. The predicted octanol–water partition coefficient (Wildman–Crippen LogP) is 4.02. The first kappa shape index (κ1) is 27.7. The lowest BCUT2D eigenvalue weighted by Gasteiger charge is -2.24. The Morgan fingerprint density at radius 2 is 1.94 bits per heavy atom. The zero-order valence-electron chi connectivity index (χ0n) is 21.7. The van der Waals surface area contributed by atoms with Gasteiger partial charge in [-0.1, -0.05) is 26.8 Å². The van der Waals surface area contributed by atoms with Crippen molar-refractivity contribution in [3.05, 3.63) is 36.6 Å². The number of carbonyl (C=O) groups excluding carboxylic acids is 1. The molecule has 9 nitrogen and oxygen atoms in total. The molecular weight excluding hydrogens is 440 g/mol. The molecule has 0 amide bonds. The maximum Gasteiger partial charge on any atom is 0.156 e. The van der Waals surface area contributed by atoms with E-state index in [-0.39, 0.29) is 6.54 Å². The Morgan fingerprint density at radius 1 is 1.26 bits per heavy atom. The Labute approximate surface area is 208 Å². The molecule has 1 fully saturated rings. The summed E-state index contributed by atoms with van der Waals surface area (Å²) in [5.74, 6) is 1.17. The molecule has 188 valence electrons. The van der Waals surface area contributed by atoms with Crippen LogP contribution in [-0.4, -0.2) is 62.4 Å². The van der Waals surface area contributed by atoms with Crippen molar-refractivity contribution in [3.8, 4) is 17.5 Å². The molecule has 1 aliphatic rings. The lowest BCUT2D eigenvalue weighted by Crippen LogP contribution is -2.29. The van der Waals surface area contributed by atoms with Gasteiger partial charge in [-0.2, -0.15) is 5.26 Å². The summed E-state index contributed by atoms with van der Waals surface area (Å²) in [7, 11) is 4.01. The molecule has 0 unspecified atom stereocenters. The van der Waals surface area contributed by atoms with Crippen molar-refractivity contribution in [3.63, 3.8) is 0 Å². The predicted molar refractivity (Wildman–Crippen MR) is 140 cm³/mol. The Kier molecular flexibility index (Phi) is 11.1. The van der Waals surface area contributed by atoms with E-state index in [2.05, 4.69) is 64.0 Å². The van der Waals surface area contributed by atoms with Gasteiger partial charge < -0.3 is 24.6 Å². The standard InChI is InChI=1S/C15H16N6O.C7H12N2.C4H10/c1-3-11(16-4-5-22)10-6-17-15-14(10)20-12(7-18-15)13-8-21(2)9-19-13;1-9-4-2-7(6-8)3-5-9;1-4(2)3/h3,5-9,16H,4H2,1-2H3,(H,17,18);7H,2-5H2,1H3;4H,1-3H3/b11-3+;;. The fourth-order valence-electron chi connectivity index (χ4n) is 3.41. The summed E-state index contributed by atoms with van der Waals surface area (Å²) < 4.78 is 1.86. The van der Waals surface area contributed by atoms with E-state index >= 15 is 0 Å². The number of aryl methyl sites for hydroxylation is 1. The summed E-state index contributed by atoms with van der Waals surface area (Å²) in [5, 5.41) is 11.6. The number of aromatic nitrogens is 5. The number of nitriles is 1. The largest absolute Gasteiger partial charge is 0.378 e. The Hall–Kier alpha value is -3.51. The number of hydrogen-bond donors (Lipinski definition) is 2. The molecule has 35 heavy (non-hydrogen) atoms. The Morgan fingerprint density at radius 3 is 2.49 bits per heavy atom.